The van der Waals surface area contributed by atoms with E-state index in [1.54, 1.807) is 6.92 Å². The highest BCUT2D eigenvalue weighted by Gasteiger charge is 2.37. The zero-order valence-electron chi connectivity index (χ0n) is 21.8. The largest absolute Gasteiger partial charge is 0.446 e. The van der Waals surface area contributed by atoms with Gasteiger partial charge in [0.25, 0.3) is 5.91 Å². The summed E-state index contributed by atoms with van der Waals surface area (Å²) in [5, 5.41) is 10.6. The SMILES string of the molecule is CC(C)CC(NC(=O)OC(C)Cc1ccccc1)C(=O)NC(CC1CCNC1=O)C(=O)C(=O)NC1CC1. The number of ketones is 1. The van der Waals surface area contributed by atoms with Crippen LogP contribution in [0.3, 0.4) is 0 Å². The number of carbonyl (C=O) groups is 5. The summed E-state index contributed by atoms with van der Waals surface area (Å²) in [5.74, 6) is -2.80. The fourth-order valence-electron chi connectivity index (χ4n) is 4.35. The summed E-state index contributed by atoms with van der Waals surface area (Å²) in [7, 11) is 0. The Bertz CT molecular complexity index is 978. The van der Waals surface area contributed by atoms with Crippen molar-refractivity contribution >= 4 is 29.6 Å². The molecule has 4 atom stereocenters. The molecule has 0 spiro atoms. The van der Waals surface area contributed by atoms with Gasteiger partial charge in [-0.2, -0.15) is 0 Å². The number of hydrogen-bond acceptors (Lipinski definition) is 6. The van der Waals surface area contributed by atoms with E-state index >= 15 is 0 Å². The van der Waals surface area contributed by atoms with Crippen LogP contribution in [0.5, 0.6) is 0 Å². The van der Waals surface area contributed by atoms with Crippen molar-refractivity contribution in [3.63, 3.8) is 0 Å². The Kier molecular flexibility index (Phi) is 10.0. The molecule has 1 aromatic rings. The highest BCUT2D eigenvalue weighted by Crippen LogP contribution is 2.20. The lowest BCUT2D eigenvalue weighted by Gasteiger charge is -2.25. The van der Waals surface area contributed by atoms with Crippen molar-refractivity contribution in [2.75, 3.05) is 6.54 Å². The molecule has 1 heterocycles. The Morgan fingerprint density at radius 2 is 1.70 bits per heavy atom. The fraction of sp³-hybridized carbons (Fsp3) is 0.593. The second kappa shape index (κ2) is 13.2. The molecule has 2 fully saturated rings. The van der Waals surface area contributed by atoms with Crippen molar-refractivity contribution in [2.24, 2.45) is 11.8 Å². The van der Waals surface area contributed by atoms with E-state index in [4.69, 9.17) is 4.74 Å². The smallest absolute Gasteiger partial charge is 0.408 e. The average Bonchev–Trinajstić information content (AvgIpc) is 3.56. The van der Waals surface area contributed by atoms with E-state index in [0.29, 0.717) is 25.8 Å². The lowest BCUT2D eigenvalue weighted by Crippen LogP contribution is -2.55. The number of Topliss-reactive ketones (excluding diaryl/α,β-unsaturated/α-hetero) is 1. The van der Waals surface area contributed by atoms with Crippen LogP contribution in [0.15, 0.2) is 30.3 Å². The molecule has 4 amide bonds. The molecule has 0 bridgehead atoms. The number of ether oxygens (including phenoxy) is 1. The molecule has 1 aliphatic heterocycles. The van der Waals surface area contributed by atoms with Gasteiger partial charge in [-0.1, -0.05) is 44.2 Å². The number of nitrogens with one attached hydrogen (secondary N) is 4. The van der Waals surface area contributed by atoms with E-state index < -0.39 is 47.8 Å². The van der Waals surface area contributed by atoms with Gasteiger partial charge in [0.15, 0.2) is 0 Å². The summed E-state index contributed by atoms with van der Waals surface area (Å²) < 4.78 is 5.47. The molecule has 2 aliphatic rings. The van der Waals surface area contributed by atoms with Gasteiger partial charge < -0.3 is 26.0 Å². The molecule has 1 saturated heterocycles. The van der Waals surface area contributed by atoms with Crippen LogP contribution in [0.25, 0.3) is 0 Å². The maximum Gasteiger partial charge on any atom is 0.408 e. The van der Waals surface area contributed by atoms with Gasteiger partial charge in [0.1, 0.15) is 12.1 Å². The summed E-state index contributed by atoms with van der Waals surface area (Å²) >= 11 is 0. The number of amides is 4. The summed E-state index contributed by atoms with van der Waals surface area (Å²) in [4.78, 5) is 63.4. The first-order valence-electron chi connectivity index (χ1n) is 13.1. The minimum absolute atomic E-state index is 0.0153. The molecule has 0 radical (unpaired) electrons. The first-order valence-corrected chi connectivity index (χ1v) is 13.1. The topological polar surface area (TPSA) is 143 Å². The first kappa shape index (κ1) is 28.1. The van der Waals surface area contributed by atoms with Crippen LogP contribution in [0, 0.1) is 11.8 Å². The van der Waals surface area contributed by atoms with Crippen LogP contribution in [-0.4, -0.2) is 60.4 Å². The second-order valence-corrected chi connectivity index (χ2v) is 10.4. The second-order valence-electron chi connectivity index (χ2n) is 10.4. The summed E-state index contributed by atoms with van der Waals surface area (Å²) in [5.41, 5.74) is 1.01. The summed E-state index contributed by atoms with van der Waals surface area (Å²) in [6.07, 6.45) is 1.81. The van der Waals surface area contributed by atoms with E-state index in [9.17, 15) is 24.0 Å². The van der Waals surface area contributed by atoms with Gasteiger partial charge >= 0.3 is 6.09 Å². The Hall–Kier alpha value is -3.43. The van der Waals surface area contributed by atoms with Gasteiger partial charge in [0.2, 0.25) is 17.6 Å². The quantitative estimate of drug-likeness (QED) is 0.295. The van der Waals surface area contributed by atoms with Gasteiger partial charge in [0.05, 0.1) is 6.04 Å². The lowest BCUT2D eigenvalue weighted by molar-refractivity contribution is -0.141. The predicted molar refractivity (Wildman–Crippen MR) is 136 cm³/mol. The molecular formula is C27H38N4O6. The minimum atomic E-state index is -1.18. The maximum absolute atomic E-state index is 13.3. The third-order valence-corrected chi connectivity index (χ3v) is 6.44. The van der Waals surface area contributed by atoms with Crippen LogP contribution in [-0.2, 0) is 30.3 Å². The van der Waals surface area contributed by atoms with Crippen molar-refractivity contribution in [3.8, 4) is 0 Å². The molecule has 0 aromatic heterocycles. The van der Waals surface area contributed by atoms with Crippen molar-refractivity contribution in [1.82, 2.24) is 21.3 Å². The molecule has 10 nitrogen and oxygen atoms in total. The fourth-order valence-corrected chi connectivity index (χ4v) is 4.35. The number of benzene rings is 1. The summed E-state index contributed by atoms with van der Waals surface area (Å²) in [6, 6.07) is 7.42. The number of rotatable bonds is 13. The van der Waals surface area contributed by atoms with Gasteiger partial charge in [-0.05, 0) is 50.5 Å². The van der Waals surface area contributed by atoms with Crippen LogP contribution >= 0.6 is 0 Å². The van der Waals surface area contributed by atoms with Gasteiger partial charge in [0, 0.05) is 24.9 Å². The Labute approximate surface area is 217 Å². The molecule has 3 rings (SSSR count). The molecule has 4 unspecified atom stereocenters. The van der Waals surface area contributed by atoms with Crippen LogP contribution in [0.1, 0.15) is 58.4 Å². The molecule has 4 N–H and O–H groups in total. The van der Waals surface area contributed by atoms with E-state index in [2.05, 4.69) is 21.3 Å². The maximum atomic E-state index is 13.3. The zero-order valence-corrected chi connectivity index (χ0v) is 21.8. The van der Waals surface area contributed by atoms with Crippen molar-refractivity contribution in [2.45, 2.75) is 83.5 Å². The van der Waals surface area contributed by atoms with E-state index in [1.165, 1.54) is 0 Å². The number of carbonyl (C=O) groups excluding carboxylic acids is 5. The molecule has 1 saturated carbocycles. The minimum Gasteiger partial charge on any atom is -0.446 e. The number of hydrogen-bond donors (Lipinski definition) is 4. The van der Waals surface area contributed by atoms with Gasteiger partial charge in [-0.15, -0.1) is 0 Å². The van der Waals surface area contributed by atoms with Crippen molar-refractivity contribution in [3.05, 3.63) is 35.9 Å². The average molecular weight is 515 g/mol. The Morgan fingerprint density at radius 1 is 1.00 bits per heavy atom. The van der Waals surface area contributed by atoms with Crippen molar-refractivity contribution in [1.29, 1.82) is 0 Å². The van der Waals surface area contributed by atoms with E-state index in [-0.39, 0.29) is 24.3 Å². The summed E-state index contributed by atoms with van der Waals surface area (Å²) in [6.45, 7) is 6.06. The zero-order chi connectivity index (χ0) is 26.9. The van der Waals surface area contributed by atoms with Crippen molar-refractivity contribution < 1.29 is 28.7 Å². The standard InChI is InChI=1S/C27H38N4O6/c1-16(2)13-22(31-27(36)37-17(3)14-18-7-5-4-6-8-18)25(34)30-21(15-19-11-12-28-24(19)33)23(32)26(35)29-20-9-10-20/h4-8,16-17,19-22H,9-15H2,1-3H3,(H,28,33)(H,29,35)(H,30,34)(H,31,36). The van der Waals surface area contributed by atoms with Gasteiger partial charge in [-0.3, -0.25) is 19.2 Å². The Balaban J connectivity index is 1.64. The third kappa shape index (κ3) is 9.18. The number of alkyl carbamates (subject to hydrolysis) is 1. The van der Waals surface area contributed by atoms with Crippen LogP contribution < -0.4 is 21.3 Å². The monoisotopic (exact) mass is 514 g/mol. The normalized spacial score (nSPS) is 19.4. The predicted octanol–water partition coefficient (Wildman–Crippen LogP) is 1.62. The van der Waals surface area contributed by atoms with Gasteiger partial charge in [-0.25, -0.2) is 4.79 Å². The molecule has 202 valence electrons. The van der Waals surface area contributed by atoms with Crippen LogP contribution in [0.4, 0.5) is 4.79 Å². The molecule has 1 aromatic carbocycles. The van der Waals surface area contributed by atoms with E-state index in [1.807, 2.05) is 44.2 Å². The molecular weight excluding hydrogens is 476 g/mol. The first-order chi connectivity index (χ1) is 17.6. The Morgan fingerprint density at radius 3 is 2.30 bits per heavy atom. The van der Waals surface area contributed by atoms with E-state index in [0.717, 1.165) is 18.4 Å². The molecule has 37 heavy (non-hydrogen) atoms. The van der Waals surface area contributed by atoms with Crippen LogP contribution in [0.2, 0.25) is 0 Å². The highest BCUT2D eigenvalue weighted by atomic mass is 16.6. The molecule has 1 aliphatic carbocycles. The molecule has 10 heteroatoms. The third-order valence-electron chi connectivity index (χ3n) is 6.44. The highest BCUT2D eigenvalue weighted by molar-refractivity contribution is 6.38. The lowest BCUT2D eigenvalue weighted by atomic mass is 9.94.